The van der Waals surface area contributed by atoms with Gasteiger partial charge in [0, 0.05) is 37.2 Å². The fourth-order valence-electron chi connectivity index (χ4n) is 2.35. The van der Waals surface area contributed by atoms with Gasteiger partial charge in [0.25, 0.3) is 0 Å². The second kappa shape index (κ2) is 4.42. The van der Waals surface area contributed by atoms with Crippen molar-refractivity contribution in [2.24, 2.45) is 0 Å². The Morgan fingerprint density at radius 1 is 1.28 bits per heavy atom. The molecule has 0 fully saturated rings. The zero-order valence-electron chi connectivity index (χ0n) is 10.3. The van der Waals surface area contributed by atoms with E-state index in [1.54, 1.807) is 13.1 Å². The number of fused-ring (bicyclic) bond motifs is 1. The normalized spacial score (nSPS) is 16.4. The van der Waals surface area contributed by atoms with Crippen molar-refractivity contribution < 1.29 is 5.11 Å². The third-order valence-corrected chi connectivity index (χ3v) is 3.31. The van der Waals surface area contributed by atoms with Gasteiger partial charge in [-0.1, -0.05) is 6.07 Å². The number of hydrogen-bond acceptors (Lipinski definition) is 4. The molecule has 3 heterocycles. The monoisotopic (exact) mass is 244 g/mol. The van der Waals surface area contributed by atoms with E-state index in [1.165, 1.54) is 0 Å². The van der Waals surface area contributed by atoms with Crippen LogP contribution in [0.3, 0.4) is 0 Å². The SMILES string of the molecule is C[C@H](O)c1cccnc1N1CCn2ccnc2C1. The topological polar surface area (TPSA) is 54.2 Å². The lowest BCUT2D eigenvalue weighted by atomic mass is 10.1. The highest BCUT2D eigenvalue weighted by Gasteiger charge is 2.21. The molecule has 1 N–H and O–H groups in total. The summed E-state index contributed by atoms with van der Waals surface area (Å²) < 4.78 is 2.15. The van der Waals surface area contributed by atoms with E-state index in [-0.39, 0.29) is 0 Å². The van der Waals surface area contributed by atoms with Gasteiger partial charge in [-0.2, -0.15) is 0 Å². The van der Waals surface area contributed by atoms with Crippen LogP contribution >= 0.6 is 0 Å². The predicted molar refractivity (Wildman–Crippen MR) is 68.1 cm³/mol. The first-order valence-corrected chi connectivity index (χ1v) is 6.13. The molecule has 0 saturated carbocycles. The zero-order chi connectivity index (χ0) is 12.5. The maximum Gasteiger partial charge on any atom is 0.134 e. The maximum absolute atomic E-state index is 9.80. The van der Waals surface area contributed by atoms with Crippen LogP contribution in [0.5, 0.6) is 0 Å². The first-order chi connectivity index (χ1) is 8.75. The Hall–Kier alpha value is -1.88. The lowest BCUT2D eigenvalue weighted by Crippen LogP contribution is -2.35. The predicted octanol–water partition coefficient (Wildman–Crippen LogP) is 1.35. The molecular formula is C13H16N4O. The minimum atomic E-state index is -0.504. The smallest absolute Gasteiger partial charge is 0.134 e. The van der Waals surface area contributed by atoms with Gasteiger partial charge in [-0.25, -0.2) is 9.97 Å². The number of nitrogens with zero attached hydrogens (tertiary/aromatic N) is 4. The van der Waals surface area contributed by atoms with Crippen molar-refractivity contribution in [1.82, 2.24) is 14.5 Å². The van der Waals surface area contributed by atoms with E-state index in [9.17, 15) is 5.11 Å². The van der Waals surface area contributed by atoms with Crippen molar-refractivity contribution in [3.8, 4) is 0 Å². The highest BCUT2D eigenvalue weighted by Crippen LogP contribution is 2.26. The molecule has 1 aliphatic rings. The molecule has 0 amide bonds. The van der Waals surface area contributed by atoms with Crippen LogP contribution in [0, 0.1) is 0 Å². The molecule has 2 aromatic heterocycles. The number of aliphatic hydroxyl groups is 1. The van der Waals surface area contributed by atoms with Gasteiger partial charge >= 0.3 is 0 Å². The van der Waals surface area contributed by atoms with Crippen molar-refractivity contribution in [1.29, 1.82) is 0 Å². The van der Waals surface area contributed by atoms with E-state index < -0.39 is 6.10 Å². The molecule has 94 valence electrons. The summed E-state index contributed by atoms with van der Waals surface area (Å²) in [5, 5.41) is 9.80. The second-order valence-corrected chi connectivity index (χ2v) is 4.55. The minimum absolute atomic E-state index is 0.504. The first-order valence-electron chi connectivity index (χ1n) is 6.13. The molecule has 5 heteroatoms. The van der Waals surface area contributed by atoms with Crippen LogP contribution in [0.4, 0.5) is 5.82 Å². The van der Waals surface area contributed by atoms with Gasteiger partial charge in [0.05, 0.1) is 12.6 Å². The largest absolute Gasteiger partial charge is 0.389 e. The fraction of sp³-hybridized carbons (Fsp3) is 0.385. The number of pyridine rings is 1. The minimum Gasteiger partial charge on any atom is -0.389 e. The molecule has 1 atom stereocenters. The van der Waals surface area contributed by atoms with Crippen LogP contribution in [0.2, 0.25) is 0 Å². The van der Waals surface area contributed by atoms with Crippen LogP contribution in [-0.4, -0.2) is 26.2 Å². The summed E-state index contributed by atoms with van der Waals surface area (Å²) in [7, 11) is 0. The van der Waals surface area contributed by atoms with Gasteiger partial charge in [-0.15, -0.1) is 0 Å². The number of aromatic nitrogens is 3. The fourth-order valence-corrected chi connectivity index (χ4v) is 2.35. The van der Waals surface area contributed by atoms with Crippen molar-refractivity contribution >= 4 is 5.82 Å². The van der Waals surface area contributed by atoms with Gasteiger partial charge in [0.15, 0.2) is 0 Å². The van der Waals surface area contributed by atoms with Crippen LogP contribution in [0.15, 0.2) is 30.7 Å². The summed E-state index contributed by atoms with van der Waals surface area (Å²) in [4.78, 5) is 10.9. The summed E-state index contributed by atoms with van der Waals surface area (Å²) >= 11 is 0. The van der Waals surface area contributed by atoms with Crippen LogP contribution in [-0.2, 0) is 13.1 Å². The summed E-state index contributed by atoms with van der Waals surface area (Å²) in [6.45, 7) is 4.31. The van der Waals surface area contributed by atoms with Gasteiger partial charge < -0.3 is 14.6 Å². The highest BCUT2D eigenvalue weighted by molar-refractivity contribution is 5.48. The van der Waals surface area contributed by atoms with Gasteiger partial charge in [-0.3, -0.25) is 0 Å². The Kier molecular flexibility index (Phi) is 2.76. The maximum atomic E-state index is 9.80. The van der Waals surface area contributed by atoms with Gasteiger partial charge in [0.1, 0.15) is 11.6 Å². The van der Waals surface area contributed by atoms with E-state index in [4.69, 9.17) is 0 Å². The summed E-state index contributed by atoms with van der Waals surface area (Å²) in [6.07, 6.45) is 5.09. The quantitative estimate of drug-likeness (QED) is 0.866. The van der Waals surface area contributed by atoms with E-state index in [1.807, 2.05) is 24.5 Å². The third kappa shape index (κ3) is 1.86. The van der Waals surface area contributed by atoms with Crippen molar-refractivity contribution in [2.45, 2.75) is 26.1 Å². The number of anilines is 1. The van der Waals surface area contributed by atoms with Crippen LogP contribution in [0.25, 0.3) is 0 Å². The zero-order valence-corrected chi connectivity index (χ0v) is 10.3. The molecule has 2 aromatic rings. The van der Waals surface area contributed by atoms with Crippen molar-refractivity contribution in [3.05, 3.63) is 42.1 Å². The van der Waals surface area contributed by atoms with Gasteiger partial charge in [-0.05, 0) is 13.0 Å². The average molecular weight is 244 g/mol. The summed E-state index contributed by atoms with van der Waals surface area (Å²) in [6, 6.07) is 3.78. The molecule has 0 aliphatic carbocycles. The van der Waals surface area contributed by atoms with Crippen LogP contribution < -0.4 is 4.90 Å². The second-order valence-electron chi connectivity index (χ2n) is 4.55. The third-order valence-electron chi connectivity index (χ3n) is 3.31. The number of imidazole rings is 1. The standard InChI is InChI=1S/C13H16N4O/c1-10(18)11-3-2-4-15-13(11)17-8-7-16-6-5-14-12(16)9-17/h2-6,10,18H,7-9H2,1H3/t10-/m0/s1. The van der Waals surface area contributed by atoms with Crippen LogP contribution in [0.1, 0.15) is 24.4 Å². The lowest BCUT2D eigenvalue weighted by Gasteiger charge is -2.30. The molecule has 3 rings (SSSR count). The molecule has 0 spiro atoms. The Morgan fingerprint density at radius 3 is 3.00 bits per heavy atom. The Morgan fingerprint density at radius 2 is 2.17 bits per heavy atom. The number of hydrogen-bond donors (Lipinski definition) is 1. The molecule has 18 heavy (non-hydrogen) atoms. The molecule has 0 bridgehead atoms. The average Bonchev–Trinajstić information content (AvgIpc) is 2.85. The Balaban J connectivity index is 1.93. The first kappa shape index (κ1) is 11.2. The van der Waals surface area contributed by atoms with E-state index >= 15 is 0 Å². The van der Waals surface area contributed by atoms with Crippen molar-refractivity contribution in [2.75, 3.05) is 11.4 Å². The molecular weight excluding hydrogens is 228 g/mol. The molecule has 0 radical (unpaired) electrons. The highest BCUT2D eigenvalue weighted by atomic mass is 16.3. The molecule has 5 nitrogen and oxygen atoms in total. The van der Waals surface area contributed by atoms with E-state index in [0.717, 1.165) is 36.8 Å². The Bertz CT molecular complexity index is 549. The summed E-state index contributed by atoms with van der Waals surface area (Å²) in [5.41, 5.74) is 0.873. The van der Waals surface area contributed by atoms with Gasteiger partial charge in [0.2, 0.25) is 0 Å². The molecule has 0 aromatic carbocycles. The van der Waals surface area contributed by atoms with Crippen molar-refractivity contribution in [3.63, 3.8) is 0 Å². The molecule has 0 unspecified atom stereocenters. The van der Waals surface area contributed by atoms with E-state index in [2.05, 4.69) is 19.4 Å². The Labute approximate surface area is 106 Å². The summed E-state index contributed by atoms with van der Waals surface area (Å²) in [5.74, 6) is 1.91. The molecule has 0 saturated heterocycles. The van der Waals surface area contributed by atoms with E-state index in [0.29, 0.717) is 0 Å². The lowest BCUT2D eigenvalue weighted by molar-refractivity contribution is 0.199. The number of rotatable bonds is 2. The molecule has 1 aliphatic heterocycles. The number of aliphatic hydroxyl groups excluding tert-OH is 1.